The highest BCUT2D eigenvalue weighted by Crippen LogP contribution is 2.36. The van der Waals surface area contributed by atoms with E-state index in [0.717, 1.165) is 33.1 Å². The number of amides is 2. The third-order valence-corrected chi connectivity index (χ3v) is 6.31. The van der Waals surface area contributed by atoms with E-state index >= 15 is 0 Å². The Labute approximate surface area is 173 Å². The highest BCUT2D eigenvalue weighted by molar-refractivity contribution is 8.18. The lowest BCUT2D eigenvalue weighted by atomic mass is 10.1. The Hall–Kier alpha value is -1.99. The van der Waals surface area contributed by atoms with Crippen molar-refractivity contribution in [1.82, 2.24) is 10.3 Å². The number of imide groups is 1. The van der Waals surface area contributed by atoms with Crippen LogP contribution in [0.25, 0.3) is 17.0 Å². The van der Waals surface area contributed by atoms with Crippen molar-refractivity contribution in [3.8, 4) is 0 Å². The van der Waals surface area contributed by atoms with E-state index in [-0.39, 0.29) is 5.24 Å². The van der Waals surface area contributed by atoms with Crippen LogP contribution in [0.1, 0.15) is 5.56 Å². The second-order valence-electron chi connectivity index (χ2n) is 5.61. The van der Waals surface area contributed by atoms with E-state index in [1.807, 2.05) is 36.4 Å². The van der Waals surface area contributed by atoms with Crippen molar-refractivity contribution in [1.29, 1.82) is 0 Å². The molecule has 1 aliphatic rings. The first kappa shape index (κ1) is 18.4. The van der Waals surface area contributed by atoms with Crippen molar-refractivity contribution in [2.45, 2.75) is 9.92 Å². The second-order valence-corrected chi connectivity index (χ2v) is 8.50. The van der Waals surface area contributed by atoms with Gasteiger partial charge < -0.3 is 0 Å². The topological polar surface area (TPSA) is 59.1 Å². The molecule has 1 N–H and O–H groups in total. The molecule has 0 saturated carbocycles. The Bertz CT molecular complexity index is 1130. The van der Waals surface area contributed by atoms with E-state index in [0.29, 0.717) is 20.0 Å². The van der Waals surface area contributed by atoms with Gasteiger partial charge in [-0.2, -0.15) is 0 Å². The summed E-state index contributed by atoms with van der Waals surface area (Å²) in [5, 5.41) is 4.47. The lowest BCUT2D eigenvalue weighted by Gasteiger charge is -2.09. The Kier molecular flexibility index (Phi) is 5.14. The lowest BCUT2D eigenvalue weighted by Crippen LogP contribution is -2.17. The van der Waals surface area contributed by atoms with E-state index in [9.17, 15) is 9.59 Å². The van der Waals surface area contributed by atoms with Crippen molar-refractivity contribution < 1.29 is 9.59 Å². The molecule has 0 unspecified atom stereocenters. The highest BCUT2D eigenvalue weighted by atomic mass is 35.5. The van der Waals surface area contributed by atoms with Gasteiger partial charge in [-0.15, -0.1) is 0 Å². The van der Waals surface area contributed by atoms with Gasteiger partial charge in [-0.3, -0.25) is 14.9 Å². The number of fused-ring (bicyclic) bond motifs is 1. The molecule has 1 saturated heterocycles. The van der Waals surface area contributed by atoms with Gasteiger partial charge in [-0.25, -0.2) is 4.98 Å². The molecule has 1 aromatic heterocycles. The molecule has 1 fully saturated rings. The van der Waals surface area contributed by atoms with Crippen LogP contribution >= 0.6 is 46.7 Å². The average molecular weight is 433 g/mol. The van der Waals surface area contributed by atoms with Crippen LogP contribution in [0.4, 0.5) is 4.79 Å². The normalized spacial score (nSPS) is 15.6. The number of nitrogens with zero attached hydrogens (tertiary/aromatic N) is 1. The number of carbonyl (C=O) groups is 2. The molecule has 2 heterocycles. The SMILES string of the molecule is O=C1NC(=O)/C(=C\c2cc3ccccc3nc2Sc2ccc(Cl)c(Cl)c2)S1. The summed E-state index contributed by atoms with van der Waals surface area (Å²) in [5.74, 6) is -0.399. The number of para-hydroxylation sites is 1. The molecule has 0 bridgehead atoms. The fourth-order valence-electron chi connectivity index (χ4n) is 2.51. The zero-order chi connectivity index (χ0) is 19.0. The number of halogens is 2. The molecule has 134 valence electrons. The van der Waals surface area contributed by atoms with Crippen LogP contribution in [-0.4, -0.2) is 16.1 Å². The number of benzene rings is 2. The van der Waals surface area contributed by atoms with Gasteiger partial charge >= 0.3 is 0 Å². The Morgan fingerprint density at radius 2 is 1.85 bits per heavy atom. The maximum absolute atomic E-state index is 11.9. The number of nitrogens with one attached hydrogen (secondary N) is 1. The molecular formula is C19H10Cl2N2O2S2. The number of rotatable bonds is 3. The van der Waals surface area contributed by atoms with Gasteiger partial charge in [0, 0.05) is 15.8 Å². The number of thioether (sulfide) groups is 1. The Balaban J connectivity index is 1.81. The molecular weight excluding hydrogens is 423 g/mol. The molecule has 8 heteroatoms. The molecule has 0 radical (unpaired) electrons. The fourth-order valence-corrected chi connectivity index (χ4v) is 4.47. The first-order chi connectivity index (χ1) is 13.0. The van der Waals surface area contributed by atoms with Crippen molar-refractivity contribution in [3.05, 3.63) is 69.0 Å². The van der Waals surface area contributed by atoms with Crippen molar-refractivity contribution in [2.75, 3.05) is 0 Å². The number of aromatic nitrogens is 1. The third-order valence-electron chi connectivity index (χ3n) is 3.75. The molecule has 2 amide bonds. The maximum atomic E-state index is 11.9. The van der Waals surface area contributed by atoms with E-state index in [2.05, 4.69) is 5.32 Å². The summed E-state index contributed by atoms with van der Waals surface area (Å²) < 4.78 is 0. The van der Waals surface area contributed by atoms with E-state index in [1.54, 1.807) is 18.2 Å². The summed E-state index contributed by atoms with van der Waals surface area (Å²) in [7, 11) is 0. The molecule has 1 aliphatic heterocycles. The van der Waals surface area contributed by atoms with Crippen molar-refractivity contribution in [3.63, 3.8) is 0 Å². The molecule has 2 aromatic carbocycles. The first-order valence-corrected chi connectivity index (χ1v) is 10.2. The van der Waals surface area contributed by atoms with Crippen LogP contribution in [0.3, 0.4) is 0 Å². The van der Waals surface area contributed by atoms with Crippen molar-refractivity contribution >= 4 is 74.9 Å². The predicted octanol–water partition coefficient (Wildman–Crippen LogP) is 6.02. The average Bonchev–Trinajstić information content (AvgIpc) is 2.95. The summed E-state index contributed by atoms with van der Waals surface area (Å²) in [4.78, 5) is 29.3. The number of hydrogen-bond acceptors (Lipinski definition) is 5. The van der Waals surface area contributed by atoms with Gasteiger partial charge in [-0.1, -0.05) is 53.2 Å². The summed E-state index contributed by atoms with van der Waals surface area (Å²) in [5.41, 5.74) is 1.58. The number of pyridine rings is 1. The molecule has 3 aromatic rings. The minimum absolute atomic E-state index is 0.341. The standard InChI is InChI=1S/C19H10Cl2N2O2S2/c20-13-6-5-12(9-14(13)21)26-18-11(8-16-17(24)23-19(25)27-16)7-10-3-1-2-4-15(10)22-18/h1-9H,(H,23,24,25)/b16-8+. The minimum Gasteiger partial charge on any atom is -0.282 e. The van der Waals surface area contributed by atoms with Gasteiger partial charge in [0.15, 0.2) is 0 Å². The molecule has 0 atom stereocenters. The van der Waals surface area contributed by atoms with Crippen LogP contribution in [-0.2, 0) is 4.79 Å². The van der Waals surface area contributed by atoms with Crippen LogP contribution in [0.15, 0.2) is 63.4 Å². The van der Waals surface area contributed by atoms with E-state index in [4.69, 9.17) is 28.2 Å². The fraction of sp³-hybridized carbons (Fsp3) is 0. The molecule has 27 heavy (non-hydrogen) atoms. The van der Waals surface area contributed by atoms with Crippen LogP contribution in [0, 0.1) is 0 Å². The quantitative estimate of drug-likeness (QED) is 0.512. The van der Waals surface area contributed by atoms with Crippen molar-refractivity contribution in [2.24, 2.45) is 0 Å². The van der Waals surface area contributed by atoms with Gasteiger partial charge in [-0.05, 0) is 48.2 Å². The zero-order valence-corrected chi connectivity index (χ0v) is 16.7. The van der Waals surface area contributed by atoms with Crippen LogP contribution in [0.2, 0.25) is 10.0 Å². The predicted molar refractivity (Wildman–Crippen MR) is 111 cm³/mol. The summed E-state index contributed by atoms with van der Waals surface area (Å²) >= 11 is 14.4. The van der Waals surface area contributed by atoms with Gasteiger partial charge in [0.25, 0.3) is 11.1 Å². The lowest BCUT2D eigenvalue weighted by molar-refractivity contribution is -0.115. The number of carbonyl (C=O) groups excluding carboxylic acids is 2. The van der Waals surface area contributed by atoms with E-state index < -0.39 is 5.91 Å². The Morgan fingerprint density at radius 3 is 2.59 bits per heavy atom. The second kappa shape index (κ2) is 7.56. The van der Waals surface area contributed by atoms with Gasteiger partial charge in [0.2, 0.25) is 0 Å². The minimum atomic E-state index is -0.399. The highest BCUT2D eigenvalue weighted by Gasteiger charge is 2.25. The summed E-state index contributed by atoms with van der Waals surface area (Å²) in [6.45, 7) is 0. The summed E-state index contributed by atoms with van der Waals surface area (Å²) in [6.07, 6.45) is 1.68. The smallest absolute Gasteiger partial charge is 0.282 e. The monoisotopic (exact) mass is 432 g/mol. The van der Waals surface area contributed by atoms with Gasteiger partial charge in [0.1, 0.15) is 5.03 Å². The van der Waals surface area contributed by atoms with Gasteiger partial charge in [0.05, 0.1) is 20.5 Å². The van der Waals surface area contributed by atoms with E-state index in [1.165, 1.54) is 11.8 Å². The Morgan fingerprint density at radius 1 is 1.04 bits per heavy atom. The third kappa shape index (κ3) is 3.99. The zero-order valence-electron chi connectivity index (χ0n) is 13.5. The first-order valence-electron chi connectivity index (χ1n) is 7.77. The summed E-state index contributed by atoms with van der Waals surface area (Å²) in [6, 6.07) is 15.0. The molecule has 4 rings (SSSR count). The maximum Gasteiger partial charge on any atom is 0.290 e. The van der Waals surface area contributed by atoms with Crippen LogP contribution < -0.4 is 5.32 Å². The largest absolute Gasteiger partial charge is 0.290 e. The number of hydrogen-bond donors (Lipinski definition) is 1. The molecule has 0 spiro atoms. The van der Waals surface area contributed by atoms with Crippen LogP contribution in [0.5, 0.6) is 0 Å². The molecule has 0 aliphatic carbocycles. The molecule has 4 nitrogen and oxygen atoms in total.